The first-order valence-electron chi connectivity index (χ1n) is 5.94. The molecular formula is C12H20O2. The summed E-state index contributed by atoms with van der Waals surface area (Å²) in [7, 11) is 1.74. The van der Waals surface area contributed by atoms with E-state index >= 15 is 0 Å². The lowest BCUT2D eigenvalue weighted by Crippen LogP contribution is -2.19. The Labute approximate surface area is 86.0 Å². The first-order valence-corrected chi connectivity index (χ1v) is 5.94. The molecule has 0 aromatic heterocycles. The Hall–Kier alpha value is -0.0800. The van der Waals surface area contributed by atoms with Crippen LogP contribution in [-0.4, -0.2) is 26.4 Å². The highest BCUT2D eigenvalue weighted by Crippen LogP contribution is 2.80. The van der Waals surface area contributed by atoms with Crippen LogP contribution in [-0.2, 0) is 9.47 Å². The number of hydrogen-bond donors (Lipinski definition) is 0. The van der Waals surface area contributed by atoms with Crippen LogP contribution in [0.1, 0.15) is 26.2 Å². The molecule has 4 saturated carbocycles. The van der Waals surface area contributed by atoms with Crippen molar-refractivity contribution in [2.24, 2.45) is 23.2 Å². The molecule has 0 radical (unpaired) electrons. The molecule has 4 bridgehead atoms. The smallest absolute Gasteiger partial charge is 0.0704 e. The second kappa shape index (κ2) is 2.96. The van der Waals surface area contributed by atoms with Gasteiger partial charge in [-0.1, -0.05) is 6.92 Å². The maximum Gasteiger partial charge on any atom is 0.0704 e. The van der Waals surface area contributed by atoms with Gasteiger partial charge in [0.05, 0.1) is 19.3 Å². The molecule has 4 rings (SSSR count). The van der Waals surface area contributed by atoms with Crippen LogP contribution in [0.2, 0.25) is 0 Å². The maximum absolute atomic E-state index is 5.95. The van der Waals surface area contributed by atoms with E-state index in [9.17, 15) is 0 Å². The summed E-state index contributed by atoms with van der Waals surface area (Å²) in [6.45, 7) is 3.90. The highest BCUT2D eigenvalue weighted by Gasteiger charge is 2.77. The van der Waals surface area contributed by atoms with Gasteiger partial charge >= 0.3 is 0 Å². The summed E-state index contributed by atoms with van der Waals surface area (Å²) >= 11 is 0. The summed E-state index contributed by atoms with van der Waals surface area (Å²) in [6.07, 6.45) is 4.88. The van der Waals surface area contributed by atoms with Crippen molar-refractivity contribution in [3.63, 3.8) is 0 Å². The zero-order valence-electron chi connectivity index (χ0n) is 9.16. The Bertz CT molecular complexity index is 240. The summed E-state index contributed by atoms with van der Waals surface area (Å²) < 4.78 is 11.0. The van der Waals surface area contributed by atoms with Crippen LogP contribution in [0.4, 0.5) is 0 Å². The fraction of sp³-hybridized carbons (Fsp3) is 1.00. The average Bonchev–Trinajstić information content (AvgIpc) is 2.62. The molecule has 0 amide bonds. The minimum absolute atomic E-state index is 0.593. The SMILES string of the molecule is CCC12CC3CC1C2C3OCCOC. The van der Waals surface area contributed by atoms with Crippen molar-refractivity contribution in [2.45, 2.75) is 32.3 Å². The zero-order valence-corrected chi connectivity index (χ0v) is 9.16. The summed E-state index contributed by atoms with van der Waals surface area (Å²) in [5, 5.41) is 0. The molecule has 2 heteroatoms. The van der Waals surface area contributed by atoms with Gasteiger partial charge in [0, 0.05) is 7.11 Å². The first-order chi connectivity index (χ1) is 6.83. The average molecular weight is 196 g/mol. The second-order valence-electron chi connectivity index (χ2n) is 5.25. The first kappa shape index (κ1) is 9.17. The summed E-state index contributed by atoms with van der Waals surface area (Å²) in [5.74, 6) is 2.85. The van der Waals surface area contributed by atoms with Crippen LogP contribution in [0.5, 0.6) is 0 Å². The van der Waals surface area contributed by atoms with Crippen molar-refractivity contribution in [3.05, 3.63) is 0 Å². The van der Waals surface area contributed by atoms with Crippen LogP contribution in [0, 0.1) is 23.2 Å². The third-order valence-corrected chi connectivity index (χ3v) is 5.00. The van der Waals surface area contributed by atoms with Crippen LogP contribution >= 0.6 is 0 Å². The predicted octanol–water partition coefficient (Wildman–Crippen LogP) is 2.08. The van der Waals surface area contributed by atoms with Crippen LogP contribution in [0.3, 0.4) is 0 Å². The highest BCUT2D eigenvalue weighted by atomic mass is 16.5. The third-order valence-electron chi connectivity index (χ3n) is 5.00. The molecule has 0 N–H and O–H groups in total. The van der Waals surface area contributed by atoms with E-state index in [0.29, 0.717) is 6.10 Å². The summed E-state index contributed by atoms with van der Waals surface area (Å²) in [4.78, 5) is 0. The fourth-order valence-electron chi connectivity index (χ4n) is 4.43. The van der Waals surface area contributed by atoms with Crippen molar-refractivity contribution in [1.29, 1.82) is 0 Å². The maximum atomic E-state index is 5.95. The van der Waals surface area contributed by atoms with E-state index in [-0.39, 0.29) is 0 Å². The van der Waals surface area contributed by atoms with Gasteiger partial charge in [-0.15, -0.1) is 0 Å². The molecule has 14 heavy (non-hydrogen) atoms. The van der Waals surface area contributed by atoms with Crippen LogP contribution < -0.4 is 0 Å². The van der Waals surface area contributed by atoms with Gasteiger partial charge in [-0.25, -0.2) is 0 Å². The van der Waals surface area contributed by atoms with E-state index in [1.54, 1.807) is 7.11 Å². The van der Waals surface area contributed by atoms with E-state index < -0.39 is 0 Å². The van der Waals surface area contributed by atoms with E-state index in [4.69, 9.17) is 9.47 Å². The number of rotatable bonds is 5. The van der Waals surface area contributed by atoms with Crippen molar-refractivity contribution in [3.8, 4) is 0 Å². The Kier molecular flexibility index (Phi) is 1.94. The quantitative estimate of drug-likeness (QED) is 0.627. The van der Waals surface area contributed by atoms with E-state index in [1.165, 1.54) is 19.3 Å². The normalized spacial score (nSPS) is 52.7. The van der Waals surface area contributed by atoms with Gasteiger partial charge in [-0.2, -0.15) is 0 Å². The lowest BCUT2D eigenvalue weighted by molar-refractivity contribution is -0.00206. The predicted molar refractivity (Wildman–Crippen MR) is 54.0 cm³/mol. The van der Waals surface area contributed by atoms with Gasteiger partial charge in [-0.05, 0) is 42.4 Å². The molecule has 0 saturated heterocycles. The van der Waals surface area contributed by atoms with Gasteiger partial charge in [0.2, 0.25) is 0 Å². The van der Waals surface area contributed by atoms with Gasteiger partial charge in [0.15, 0.2) is 0 Å². The van der Waals surface area contributed by atoms with Crippen molar-refractivity contribution < 1.29 is 9.47 Å². The molecule has 2 nitrogen and oxygen atoms in total. The lowest BCUT2D eigenvalue weighted by Gasteiger charge is -2.15. The largest absolute Gasteiger partial charge is 0.382 e. The summed E-state index contributed by atoms with van der Waals surface area (Å²) in [6, 6.07) is 0. The Morgan fingerprint density at radius 1 is 1.36 bits per heavy atom. The van der Waals surface area contributed by atoms with Gasteiger partial charge < -0.3 is 9.47 Å². The molecule has 0 aliphatic heterocycles. The minimum atomic E-state index is 0.593. The van der Waals surface area contributed by atoms with Crippen molar-refractivity contribution in [2.75, 3.05) is 20.3 Å². The molecule has 0 aromatic rings. The molecule has 4 aliphatic carbocycles. The molecule has 80 valence electrons. The minimum Gasteiger partial charge on any atom is -0.382 e. The Balaban J connectivity index is 1.59. The fourth-order valence-corrected chi connectivity index (χ4v) is 4.43. The third kappa shape index (κ3) is 0.938. The monoisotopic (exact) mass is 196 g/mol. The molecule has 5 unspecified atom stereocenters. The van der Waals surface area contributed by atoms with Gasteiger partial charge in [0.1, 0.15) is 0 Å². The molecular weight excluding hydrogens is 176 g/mol. The van der Waals surface area contributed by atoms with E-state index in [0.717, 1.165) is 36.4 Å². The molecule has 4 fully saturated rings. The number of hydrogen-bond acceptors (Lipinski definition) is 2. The van der Waals surface area contributed by atoms with Gasteiger partial charge in [-0.3, -0.25) is 0 Å². The van der Waals surface area contributed by atoms with Crippen LogP contribution in [0.25, 0.3) is 0 Å². The Morgan fingerprint density at radius 3 is 2.79 bits per heavy atom. The van der Waals surface area contributed by atoms with E-state index in [1.807, 2.05) is 0 Å². The molecule has 0 aromatic carbocycles. The lowest BCUT2D eigenvalue weighted by atomic mass is 10.0. The zero-order chi connectivity index (χ0) is 9.76. The Morgan fingerprint density at radius 2 is 2.21 bits per heavy atom. The molecule has 0 heterocycles. The topological polar surface area (TPSA) is 18.5 Å². The van der Waals surface area contributed by atoms with Crippen molar-refractivity contribution >= 4 is 0 Å². The molecule has 5 atom stereocenters. The van der Waals surface area contributed by atoms with Gasteiger partial charge in [0.25, 0.3) is 0 Å². The second-order valence-corrected chi connectivity index (χ2v) is 5.25. The number of ether oxygens (including phenoxy) is 2. The van der Waals surface area contributed by atoms with Crippen molar-refractivity contribution in [1.82, 2.24) is 0 Å². The highest BCUT2D eigenvalue weighted by molar-refractivity contribution is 5.26. The molecule has 0 spiro atoms. The summed E-state index contributed by atoms with van der Waals surface area (Å²) in [5.41, 5.74) is 0.738. The molecule has 4 aliphatic rings. The standard InChI is InChI=1S/C12H20O2/c1-3-12-7-8-6-9(12)10(12)11(8)14-5-4-13-2/h8-11H,3-7H2,1-2H3. The number of methoxy groups -OCH3 is 1. The van der Waals surface area contributed by atoms with E-state index in [2.05, 4.69) is 6.92 Å². The van der Waals surface area contributed by atoms with Crippen LogP contribution in [0.15, 0.2) is 0 Å².